The average Bonchev–Trinajstić information content (AvgIpc) is 2.69. The van der Waals surface area contributed by atoms with E-state index in [4.69, 9.17) is 23.7 Å². The third-order valence-corrected chi connectivity index (χ3v) is 3.87. The van der Waals surface area contributed by atoms with Crippen LogP contribution < -0.4 is 14.2 Å². The number of hydrogen-bond acceptors (Lipinski definition) is 6. The maximum atomic E-state index is 13.8. The quantitative estimate of drug-likeness (QED) is 0.545. The summed E-state index contributed by atoms with van der Waals surface area (Å²) in [6, 6.07) is 7.32. The zero-order chi connectivity index (χ0) is 19.2. The molecule has 2 aromatic rings. The van der Waals surface area contributed by atoms with Gasteiger partial charge in [-0.3, -0.25) is 0 Å². The predicted molar refractivity (Wildman–Crippen MR) is 94.5 cm³/mol. The molecule has 142 valence electrons. The number of rotatable bonds is 7. The second-order valence-electron chi connectivity index (χ2n) is 5.71. The molecular formula is C20H19FO6. The van der Waals surface area contributed by atoms with Crippen molar-refractivity contribution in [1.29, 1.82) is 0 Å². The summed E-state index contributed by atoms with van der Waals surface area (Å²) in [4.78, 5) is 12.4. The van der Waals surface area contributed by atoms with Crippen LogP contribution in [0.25, 0.3) is 0 Å². The van der Waals surface area contributed by atoms with E-state index in [2.05, 4.69) is 6.58 Å². The van der Waals surface area contributed by atoms with Crippen molar-refractivity contribution in [3.8, 4) is 17.2 Å². The number of carbonyl (C=O) groups is 1. The van der Waals surface area contributed by atoms with E-state index >= 15 is 0 Å². The van der Waals surface area contributed by atoms with Crippen LogP contribution in [0.3, 0.4) is 0 Å². The first-order valence-corrected chi connectivity index (χ1v) is 8.23. The lowest BCUT2D eigenvalue weighted by molar-refractivity contribution is -0.0182. The maximum Gasteiger partial charge on any atom is 0.338 e. The van der Waals surface area contributed by atoms with Crippen LogP contribution in [0.15, 0.2) is 43.0 Å². The molecule has 0 atom stereocenters. The number of esters is 1. The van der Waals surface area contributed by atoms with Crippen LogP contribution in [0.5, 0.6) is 17.2 Å². The standard InChI is InChI=1S/C20H19FO6/c1-3-6-25-17-5-4-13(9-18(17)23-2)20(22)26-11-15-8-16(21)7-14-10-24-12-27-19(14)15/h3-5,7-9H,1,6,10-12H2,2H3. The Morgan fingerprint density at radius 1 is 1.30 bits per heavy atom. The smallest absolute Gasteiger partial charge is 0.338 e. The molecule has 0 fully saturated rings. The molecule has 0 spiro atoms. The molecule has 0 radical (unpaired) electrons. The number of carbonyl (C=O) groups excluding carboxylic acids is 1. The summed E-state index contributed by atoms with van der Waals surface area (Å²) < 4.78 is 40.3. The Hall–Kier alpha value is -3.06. The van der Waals surface area contributed by atoms with Gasteiger partial charge >= 0.3 is 5.97 Å². The fourth-order valence-corrected chi connectivity index (χ4v) is 2.65. The molecule has 6 nitrogen and oxygen atoms in total. The Morgan fingerprint density at radius 2 is 2.15 bits per heavy atom. The summed E-state index contributed by atoms with van der Waals surface area (Å²) in [5.41, 5.74) is 1.31. The van der Waals surface area contributed by atoms with Crippen molar-refractivity contribution in [3.63, 3.8) is 0 Å². The molecule has 0 aliphatic carbocycles. The number of methoxy groups -OCH3 is 1. The van der Waals surface area contributed by atoms with Gasteiger partial charge < -0.3 is 23.7 Å². The van der Waals surface area contributed by atoms with E-state index in [1.807, 2.05) is 0 Å². The minimum Gasteiger partial charge on any atom is -0.493 e. The molecule has 3 rings (SSSR count). The molecule has 7 heteroatoms. The molecule has 2 aromatic carbocycles. The van der Waals surface area contributed by atoms with Gasteiger partial charge in [0.2, 0.25) is 0 Å². The Kier molecular flexibility index (Phi) is 5.93. The second kappa shape index (κ2) is 8.55. The van der Waals surface area contributed by atoms with Gasteiger partial charge in [-0.05, 0) is 30.3 Å². The summed E-state index contributed by atoms with van der Waals surface area (Å²) in [7, 11) is 1.48. The highest BCUT2D eigenvalue weighted by molar-refractivity contribution is 5.90. The summed E-state index contributed by atoms with van der Waals surface area (Å²) in [5.74, 6) is 0.352. The van der Waals surface area contributed by atoms with Crippen LogP contribution in [-0.4, -0.2) is 26.5 Å². The normalized spacial score (nSPS) is 12.5. The topological polar surface area (TPSA) is 63.2 Å². The highest BCUT2D eigenvalue weighted by atomic mass is 19.1. The molecular weight excluding hydrogens is 355 g/mol. The van der Waals surface area contributed by atoms with E-state index < -0.39 is 11.8 Å². The summed E-state index contributed by atoms with van der Waals surface area (Å²) in [6.45, 7) is 4.09. The number of halogens is 1. The number of benzene rings is 2. The van der Waals surface area contributed by atoms with Gasteiger partial charge in [0.15, 0.2) is 18.3 Å². The van der Waals surface area contributed by atoms with E-state index in [-0.39, 0.29) is 25.6 Å². The van der Waals surface area contributed by atoms with Gasteiger partial charge in [0, 0.05) is 11.1 Å². The van der Waals surface area contributed by atoms with Gasteiger partial charge in [0.1, 0.15) is 24.8 Å². The average molecular weight is 374 g/mol. The van der Waals surface area contributed by atoms with Crippen LogP contribution in [0.4, 0.5) is 4.39 Å². The van der Waals surface area contributed by atoms with E-state index in [0.717, 1.165) is 0 Å². The summed E-state index contributed by atoms with van der Waals surface area (Å²) in [6.07, 6.45) is 1.61. The third kappa shape index (κ3) is 4.38. The molecule has 0 bridgehead atoms. The second-order valence-corrected chi connectivity index (χ2v) is 5.71. The Balaban J connectivity index is 1.73. The largest absolute Gasteiger partial charge is 0.493 e. The van der Waals surface area contributed by atoms with Crippen LogP contribution >= 0.6 is 0 Å². The zero-order valence-electron chi connectivity index (χ0n) is 14.8. The fourth-order valence-electron chi connectivity index (χ4n) is 2.65. The minimum atomic E-state index is -0.575. The lowest BCUT2D eigenvalue weighted by atomic mass is 10.1. The van der Waals surface area contributed by atoms with Crippen molar-refractivity contribution < 1.29 is 32.9 Å². The maximum absolute atomic E-state index is 13.8. The van der Waals surface area contributed by atoms with Crippen LogP contribution in [0.1, 0.15) is 21.5 Å². The number of hydrogen-bond donors (Lipinski definition) is 0. The van der Waals surface area contributed by atoms with Gasteiger partial charge in [-0.1, -0.05) is 12.7 Å². The van der Waals surface area contributed by atoms with Gasteiger partial charge in [0.05, 0.1) is 19.3 Å². The van der Waals surface area contributed by atoms with Crippen LogP contribution in [0.2, 0.25) is 0 Å². The third-order valence-electron chi connectivity index (χ3n) is 3.87. The lowest BCUT2D eigenvalue weighted by Gasteiger charge is -2.20. The van der Waals surface area contributed by atoms with Gasteiger partial charge in [-0.25, -0.2) is 9.18 Å². The summed E-state index contributed by atoms with van der Waals surface area (Å²) in [5, 5.41) is 0. The highest BCUT2D eigenvalue weighted by Gasteiger charge is 2.19. The molecule has 0 N–H and O–H groups in total. The molecule has 0 saturated carbocycles. The predicted octanol–water partition coefficient (Wildman–Crippen LogP) is 3.62. The molecule has 1 aliphatic heterocycles. The monoisotopic (exact) mass is 374 g/mol. The molecule has 1 aliphatic rings. The van der Waals surface area contributed by atoms with Crippen LogP contribution in [-0.2, 0) is 22.7 Å². The van der Waals surface area contributed by atoms with Gasteiger partial charge in [0.25, 0.3) is 0 Å². The van der Waals surface area contributed by atoms with E-state index in [1.165, 1.54) is 25.3 Å². The van der Waals surface area contributed by atoms with Gasteiger partial charge in [-0.15, -0.1) is 0 Å². The molecule has 0 aromatic heterocycles. The SMILES string of the molecule is C=CCOc1ccc(C(=O)OCc2cc(F)cc3c2OCOC3)cc1OC. The number of ether oxygens (including phenoxy) is 5. The number of fused-ring (bicyclic) bond motifs is 1. The van der Waals surface area contributed by atoms with E-state index in [1.54, 1.807) is 18.2 Å². The minimum absolute atomic E-state index is 0.0724. The first kappa shape index (κ1) is 18.7. The van der Waals surface area contributed by atoms with E-state index in [0.29, 0.717) is 35.0 Å². The fraction of sp³-hybridized carbons (Fsp3) is 0.250. The van der Waals surface area contributed by atoms with Crippen LogP contribution in [0, 0.1) is 5.82 Å². The van der Waals surface area contributed by atoms with Crippen molar-refractivity contribution >= 4 is 5.97 Å². The van der Waals surface area contributed by atoms with E-state index in [9.17, 15) is 9.18 Å². The zero-order valence-corrected chi connectivity index (χ0v) is 14.8. The van der Waals surface area contributed by atoms with Crippen molar-refractivity contribution in [1.82, 2.24) is 0 Å². The lowest BCUT2D eigenvalue weighted by Crippen LogP contribution is -2.15. The van der Waals surface area contributed by atoms with Crippen molar-refractivity contribution in [2.45, 2.75) is 13.2 Å². The first-order valence-electron chi connectivity index (χ1n) is 8.23. The summed E-state index contributed by atoms with van der Waals surface area (Å²) >= 11 is 0. The van der Waals surface area contributed by atoms with Gasteiger partial charge in [-0.2, -0.15) is 0 Å². The Morgan fingerprint density at radius 3 is 2.93 bits per heavy atom. The molecule has 1 heterocycles. The Bertz CT molecular complexity index is 849. The first-order chi connectivity index (χ1) is 13.1. The molecule has 0 amide bonds. The van der Waals surface area contributed by atoms with Crippen molar-refractivity contribution in [2.75, 3.05) is 20.5 Å². The van der Waals surface area contributed by atoms with Crippen molar-refractivity contribution in [2.24, 2.45) is 0 Å². The molecule has 27 heavy (non-hydrogen) atoms. The van der Waals surface area contributed by atoms with Crippen molar-refractivity contribution in [3.05, 3.63) is 65.5 Å². The molecule has 0 unspecified atom stereocenters. The molecule has 0 saturated heterocycles. The highest BCUT2D eigenvalue weighted by Crippen LogP contribution is 2.31. The Labute approximate surface area is 156 Å².